The van der Waals surface area contributed by atoms with E-state index in [1.54, 1.807) is 6.20 Å². The normalized spacial score (nSPS) is 10.5. The van der Waals surface area contributed by atoms with Crippen molar-refractivity contribution < 1.29 is 9.84 Å². The molecule has 0 radical (unpaired) electrons. The van der Waals surface area contributed by atoms with Gasteiger partial charge in [0.05, 0.1) is 18.9 Å². The molecule has 0 saturated carbocycles. The van der Waals surface area contributed by atoms with E-state index in [0.717, 1.165) is 35.4 Å². The van der Waals surface area contributed by atoms with Crippen LogP contribution in [0, 0.1) is 6.92 Å². The zero-order valence-electron chi connectivity index (χ0n) is 9.99. The van der Waals surface area contributed by atoms with E-state index in [1.807, 2.05) is 6.92 Å². The highest BCUT2D eigenvalue weighted by atomic mass is 16.5. The smallest absolute Gasteiger partial charge is 0.145 e. The van der Waals surface area contributed by atoms with Gasteiger partial charge in [0.1, 0.15) is 5.75 Å². The van der Waals surface area contributed by atoms with E-state index in [9.17, 15) is 5.11 Å². The van der Waals surface area contributed by atoms with Crippen molar-refractivity contribution in [2.24, 2.45) is 5.73 Å². The van der Waals surface area contributed by atoms with Crippen molar-refractivity contribution in [1.29, 1.82) is 0 Å². The molecule has 3 N–H and O–H groups in total. The number of aryl methyl sites for hydroxylation is 1. The van der Waals surface area contributed by atoms with Gasteiger partial charge in [0.15, 0.2) is 0 Å². The number of ether oxygens (including phenoxy) is 1. The van der Waals surface area contributed by atoms with Gasteiger partial charge in [0.25, 0.3) is 0 Å². The van der Waals surface area contributed by atoms with Crippen molar-refractivity contribution in [1.82, 2.24) is 4.98 Å². The minimum atomic E-state index is -0.0516. The van der Waals surface area contributed by atoms with Gasteiger partial charge in [-0.3, -0.25) is 4.98 Å². The largest absolute Gasteiger partial charge is 0.491 e. The van der Waals surface area contributed by atoms with Gasteiger partial charge >= 0.3 is 0 Å². The van der Waals surface area contributed by atoms with Crippen LogP contribution in [0.2, 0.25) is 0 Å². The molecule has 0 fully saturated rings. The number of rotatable bonds is 6. The molecule has 0 amide bonds. The van der Waals surface area contributed by atoms with Crippen LogP contribution in [0.25, 0.3) is 0 Å². The van der Waals surface area contributed by atoms with E-state index >= 15 is 0 Å². The van der Waals surface area contributed by atoms with E-state index in [1.165, 1.54) is 0 Å². The van der Waals surface area contributed by atoms with Crippen LogP contribution in [0.1, 0.15) is 36.6 Å². The Morgan fingerprint density at radius 2 is 2.25 bits per heavy atom. The molecule has 0 aliphatic rings. The third-order valence-corrected chi connectivity index (χ3v) is 2.52. The summed E-state index contributed by atoms with van der Waals surface area (Å²) in [5.41, 5.74) is 8.13. The van der Waals surface area contributed by atoms with Crippen molar-refractivity contribution in [3.05, 3.63) is 23.0 Å². The second-order valence-corrected chi connectivity index (χ2v) is 3.74. The molecule has 0 aliphatic carbocycles. The lowest BCUT2D eigenvalue weighted by Crippen LogP contribution is -2.09. The molecule has 4 nitrogen and oxygen atoms in total. The van der Waals surface area contributed by atoms with Gasteiger partial charge in [-0.2, -0.15) is 0 Å². The van der Waals surface area contributed by atoms with Crippen LogP contribution >= 0.6 is 0 Å². The number of hydrogen-bond acceptors (Lipinski definition) is 4. The van der Waals surface area contributed by atoms with Crippen LogP contribution < -0.4 is 10.5 Å². The highest BCUT2D eigenvalue weighted by Crippen LogP contribution is 2.25. The third-order valence-electron chi connectivity index (χ3n) is 2.52. The summed E-state index contributed by atoms with van der Waals surface area (Å²) in [7, 11) is 0. The quantitative estimate of drug-likeness (QED) is 0.719. The number of aliphatic hydroxyl groups is 1. The van der Waals surface area contributed by atoms with Crippen LogP contribution in [0.3, 0.4) is 0 Å². The average Bonchev–Trinajstić information content (AvgIpc) is 2.31. The van der Waals surface area contributed by atoms with Crippen molar-refractivity contribution >= 4 is 0 Å². The maximum atomic E-state index is 9.19. The van der Waals surface area contributed by atoms with Gasteiger partial charge in [0.2, 0.25) is 0 Å². The summed E-state index contributed by atoms with van der Waals surface area (Å²) in [5.74, 6) is 0.738. The highest BCUT2D eigenvalue weighted by Gasteiger charge is 2.11. The first-order chi connectivity index (χ1) is 7.74. The predicted octanol–water partition coefficient (Wildman–Crippen LogP) is 1.52. The Bertz CT molecular complexity index is 340. The Hall–Kier alpha value is -1.13. The minimum absolute atomic E-state index is 0.0516. The van der Waals surface area contributed by atoms with Gasteiger partial charge < -0.3 is 15.6 Å². The molecule has 0 atom stereocenters. The Kier molecular flexibility index (Phi) is 5.22. The topological polar surface area (TPSA) is 68.4 Å². The molecule has 16 heavy (non-hydrogen) atoms. The number of unbranched alkanes of at least 4 members (excludes halogenated alkanes) is 1. The number of aromatic nitrogens is 1. The molecule has 0 saturated heterocycles. The zero-order valence-corrected chi connectivity index (χ0v) is 9.99. The molecule has 0 spiro atoms. The zero-order chi connectivity index (χ0) is 12.0. The lowest BCUT2D eigenvalue weighted by atomic mass is 10.1. The molecule has 1 aromatic rings. The Morgan fingerprint density at radius 1 is 1.50 bits per heavy atom. The molecule has 0 bridgehead atoms. The van der Waals surface area contributed by atoms with E-state index in [0.29, 0.717) is 13.2 Å². The molecule has 1 aromatic heterocycles. The molecule has 1 rings (SSSR count). The summed E-state index contributed by atoms with van der Waals surface area (Å²) >= 11 is 0. The SMILES string of the molecule is CCCCOc1c(C)ncc(CO)c1CN. The molecule has 0 unspecified atom stereocenters. The molecule has 0 aliphatic heterocycles. The lowest BCUT2D eigenvalue weighted by Gasteiger charge is -2.15. The van der Waals surface area contributed by atoms with Crippen molar-refractivity contribution in [3.8, 4) is 5.75 Å². The van der Waals surface area contributed by atoms with Gasteiger partial charge in [0, 0.05) is 23.9 Å². The first-order valence-corrected chi connectivity index (χ1v) is 5.65. The molecule has 1 heterocycles. The number of pyridine rings is 1. The molecular weight excluding hydrogens is 204 g/mol. The highest BCUT2D eigenvalue weighted by molar-refractivity contribution is 5.41. The van der Waals surface area contributed by atoms with E-state index in [4.69, 9.17) is 10.5 Å². The lowest BCUT2D eigenvalue weighted by molar-refractivity contribution is 0.274. The first-order valence-electron chi connectivity index (χ1n) is 5.65. The van der Waals surface area contributed by atoms with E-state index < -0.39 is 0 Å². The summed E-state index contributed by atoms with van der Waals surface area (Å²) in [5, 5.41) is 9.19. The Morgan fingerprint density at radius 3 is 2.81 bits per heavy atom. The van der Waals surface area contributed by atoms with Crippen LogP contribution in [0.5, 0.6) is 5.75 Å². The first kappa shape index (κ1) is 12.9. The second-order valence-electron chi connectivity index (χ2n) is 3.74. The van der Waals surface area contributed by atoms with Gasteiger partial charge in [-0.15, -0.1) is 0 Å². The minimum Gasteiger partial charge on any atom is -0.491 e. The fourth-order valence-electron chi connectivity index (χ4n) is 1.55. The number of hydrogen-bond donors (Lipinski definition) is 2. The standard InChI is InChI=1S/C12H20N2O2/c1-3-4-5-16-12-9(2)14-7-10(8-15)11(12)6-13/h7,15H,3-6,8,13H2,1-2H3. The Balaban J connectivity index is 2.94. The Labute approximate surface area is 96.5 Å². The predicted molar refractivity (Wildman–Crippen MR) is 63.2 cm³/mol. The number of nitrogens with two attached hydrogens (primary N) is 1. The molecule has 0 aromatic carbocycles. The van der Waals surface area contributed by atoms with Crippen LogP contribution in [-0.2, 0) is 13.2 Å². The summed E-state index contributed by atoms with van der Waals surface area (Å²) in [6.45, 7) is 4.98. The number of nitrogens with zero attached hydrogens (tertiary/aromatic N) is 1. The maximum Gasteiger partial charge on any atom is 0.145 e. The van der Waals surface area contributed by atoms with Crippen molar-refractivity contribution in [3.63, 3.8) is 0 Å². The van der Waals surface area contributed by atoms with Crippen LogP contribution in [0.15, 0.2) is 6.20 Å². The summed E-state index contributed by atoms with van der Waals surface area (Å²) in [6, 6.07) is 0. The van der Waals surface area contributed by atoms with Crippen LogP contribution in [0.4, 0.5) is 0 Å². The van der Waals surface area contributed by atoms with E-state index in [2.05, 4.69) is 11.9 Å². The van der Waals surface area contributed by atoms with Crippen molar-refractivity contribution in [2.45, 2.75) is 39.8 Å². The summed E-state index contributed by atoms with van der Waals surface area (Å²) < 4.78 is 5.69. The monoisotopic (exact) mass is 224 g/mol. The number of aliphatic hydroxyl groups excluding tert-OH is 1. The third kappa shape index (κ3) is 2.93. The summed E-state index contributed by atoms with van der Waals surface area (Å²) in [6.07, 6.45) is 3.75. The summed E-state index contributed by atoms with van der Waals surface area (Å²) in [4.78, 5) is 4.20. The van der Waals surface area contributed by atoms with Crippen molar-refractivity contribution in [2.75, 3.05) is 6.61 Å². The van der Waals surface area contributed by atoms with Gasteiger partial charge in [-0.05, 0) is 13.3 Å². The van der Waals surface area contributed by atoms with E-state index in [-0.39, 0.29) is 6.61 Å². The average molecular weight is 224 g/mol. The fourth-order valence-corrected chi connectivity index (χ4v) is 1.55. The maximum absolute atomic E-state index is 9.19. The van der Waals surface area contributed by atoms with Gasteiger partial charge in [-0.1, -0.05) is 13.3 Å². The molecule has 90 valence electrons. The van der Waals surface area contributed by atoms with Crippen LogP contribution in [-0.4, -0.2) is 16.7 Å². The second kappa shape index (κ2) is 6.45. The molecular formula is C12H20N2O2. The van der Waals surface area contributed by atoms with Gasteiger partial charge in [-0.25, -0.2) is 0 Å². The molecule has 4 heteroatoms. The fraction of sp³-hybridized carbons (Fsp3) is 0.583.